The molecule has 4 rings (SSSR count). The number of hydrogen-bond donors (Lipinski definition) is 0. The first-order chi connectivity index (χ1) is 13.7. The molecule has 0 bridgehead atoms. The molecular formula is C24H26FN3. The van der Waals surface area contributed by atoms with Crippen molar-refractivity contribution >= 4 is 5.69 Å². The molecule has 0 N–H and O–H groups in total. The fraction of sp³-hybridized carbons (Fsp3) is 0.292. The van der Waals surface area contributed by atoms with Gasteiger partial charge in [0, 0.05) is 50.7 Å². The van der Waals surface area contributed by atoms with E-state index >= 15 is 0 Å². The van der Waals surface area contributed by atoms with Crippen molar-refractivity contribution in [1.82, 2.24) is 9.88 Å². The van der Waals surface area contributed by atoms with E-state index in [9.17, 15) is 4.39 Å². The molecule has 0 unspecified atom stereocenters. The molecular weight excluding hydrogens is 349 g/mol. The number of pyridine rings is 1. The monoisotopic (exact) mass is 375 g/mol. The summed E-state index contributed by atoms with van der Waals surface area (Å²) in [4.78, 5) is 9.01. The van der Waals surface area contributed by atoms with Gasteiger partial charge in [-0.25, -0.2) is 4.39 Å². The molecule has 0 atom stereocenters. The van der Waals surface area contributed by atoms with Gasteiger partial charge >= 0.3 is 0 Å². The Balaban J connectivity index is 1.39. The van der Waals surface area contributed by atoms with Crippen LogP contribution >= 0.6 is 0 Å². The van der Waals surface area contributed by atoms with E-state index in [-0.39, 0.29) is 5.82 Å². The van der Waals surface area contributed by atoms with E-state index < -0.39 is 0 Å². The second-order valence-electron chi connectivity index (χ2n) is 7.35. The molecule has 2 aromatic carbocycles. The first kappa shape index (κ1) is 18.6. The van der Waals surface area contributed by atoms with Crippen LogP contribution in [-0.2, 0) is 13.0 Å². The summed E-state index contributed by atoms with van der Waals surface area (Å²) in [6.07, 6.45) is 4.94. The van der Waals surface area contributed by atoms with Crippen LogP contribution in [0.1, 0.15) is 18.1 Å². The first-order valence-electron chi connectivity index (χ1n) is 9.98. The van der Waals surface area contributed by atoms with Crippen molar-refractivity contribution in [2.75, 3.05) is 31.1 Å². The van der Waals surface area contributed by atoms with Crippen molar-refractivity contribution in [3.63, 3.8) is 0 Å². The molecule has 1 fully saturated rings. The van der Waals surface area contributed by atoms with E-state index in [0.29, 0.717) is 5.69 Å². The van der Waals surface area contributed by atoms with Gasteiger partial charge in [-0.1, -0.05) is 43.3 Å². The molecule has 0 spiro atoms. The minimum Gasteiger partial charge on any atom is -0.367 e. The van der Waals surface area contributed by atoms with Crippen molar-refractivity contribution < 1.29 is 4.39 Å². The summed E-state index contributed by atoms with van der Waals surface area (Å²) in [7, 11) is 0. The van der Waals surface area contributed by atoms with Crippen molar-refractivity contribution in [3.05, 3.63) is 83.9 Å². The topological polar surface area (TPSA) is 19.4 Å². The number of nitrogens with zero attached hydrogens (tertiary/aromatic N) is 3. The summed E-state index contributed by atoms with van der Waals surface area (Å²) in [5.74, 6) is -0.137. The number of halogens is 1. The molecule has 2 heterocycles. The Morgan fingerprint density at radius 1 is 0.857 bits per heavy atom. The third kappa shape index (κ3) is 4.23. The van der Waals surface area contributed by atoms with Gasteiger partial charge in [-0.05, 0) is 41.3 Å². The van der Waals surface area contributed by atoms with Crippen LogP contribution < -0.4 is 4.90 Å². The molecule has 1 aromatic heterocycles. The summed E-state index contributed by atoms with van der Waals surface area (Å²) in [5, 5.41) is 0. The van der Waals surface area contributed by atoms with Gasteiger partial charge < -0.3 is 4.90 Å². The van der Waals surface area contributed by atoms with Crippen LogP contribution in [0.25, 0.3) is 11.1 Å². The highest BCUT2D eigenvalue weighted by atomic mass is 19.1. The van der Waals surface area contributed by atoms with E-state index in [1.807, 2.05) is 24.5 Å². The van der Waals surface area contributed by atoms with E-state index in [2.05, 4.69) is 52.0 Å². The van der Waals surface area contributed by atoms with Crippen LogP contribution in [0.3, 0.4) is 0 Å². The smallest absolute Gasteiger partial charge is 0.146 e. The third-order valence-corrected chi connectivity index (χ3v) is 5.46. The van der Waals surface area contributed by atoms with E-state index in [4.69, 9.17) is 0 Å². The molecule has 1 saturated heterocycles. The minimum absolute atomic E-state index is 0.137. The van der Waals surface area contributed by atoms with Crippen LogP contribution in [0.2, 0.25) is 0 Å². The lowest BCUT2D eigenvalue weighted by atomic mass is 10.0. The van der Waals surface area contributed by atoms with Gasteiger partial charge in [-0.15, -0.1) is 0 Å². The molecule has 4 heteroatoms. The van der Waals surface area contributed by atoms with Crippen molar-refractivity contribution in [2.45, 2.75) is 19.9 Å². The fourth-order valence-electron chi connectivity index (χ4n) is 3.78. The normalized spacial score (nSPS) is 15.0. The number of piperazine rings is 1. The van der Waals surface area contributed by atoms with Crippen LogP contribution in [0, 0.1) is 5.82 Å². The van der Waals surface area contributed by atoms with Crippen molar-refractivity contribution in [3.8, 4) is 11.1 Å². The van der Waals surface area contributed by atoms with Gasteiger partial charge in [0.05, 0.1) is 5.69 Å². The lowest BCUT2D eigenvalue weighted by Gasteiger charge is -2.36. The molecule has 0 aliphatic carbocycles. The standard InChI is InChI=1S/C24H26FN3/c1-2-19-7-9-21(10-8-19)22-15-20(16-26-17-22)18-27-11-13-28(14-12-27)24-6-4-3-5-23(24)25/h3-10,15-17H,2,11-14,18H2,1H3. The minimum atomic E-state index is -0.137. The Morgan fingerprint density at radius 2 is 1.61 bits per heavy atom. The Labute approximate surface area is 166 Å². The second kappa shape index (κ2) is 8.53. The second-order valence-corrected chi connectivity index (χ2v) is 7.35. The van der Waals surface area contributed by atoms with Gasteiger partial charge in [0.25, 0.3) is 0 Å². The summed E-state index contributed by atoms with van der Waals surface area (Å²) >= 11 is 0. The maximum atomic E-state index is 14.0. The number of rotatable bonds is 5. The Hall–Kier alpha value is -2.72. The van der Waals surface area contributed by atoms with Gasteiger partial charge in [-0.2, -0.15) is 0 Å². The molecule has 1 aliphatic rings. The van der Waals surface area contributed by atoms with Gasteiger partial charge in [0.2, 0.25) is 0 Å². The van der Waals surface area contributed by atoms with Crippen LogP contribution in [-0.4, -0.2) is 36.1 Å². The van der Waals surface area contributed by atoms with Crippen molar-refractivity contribution in [1.29, 1.82) is 0 Å². The van der Waals surface area contributed by atoms with Gasteiger partial charge in [0.1, 0.15) is 5.82 Å². The Morgan fingerprint density at radius 3 is 2.32 bits per heavy atom. The Kier molecular flexibility index (Phi) is 5.68. The van der Waals surface area contributed by atoms with E-state index in [1.165, 1.54) is 22.8 Å². The highest BCUT2D eigenvalue weighted by molar-refractivity contribution is 5.63. The first-order valence-corrected chi connectivity index (χ1v) is 9.98. The average molecular weight is 375 g/mol. The fourth-order valence-corrected chi connectivity index (χ4v) is 3.78. The summed E-state index contributed by atoms with van der Waals surface area (Å²) < 4.78 is 14.0. The number of aryl methyl sites for hydroxylation is 1. The SMILES string of the molecule is CCc1ccc(-c2cncc(CN3CCN(c4ccccc4F)CC3)c2)cc1. The summed E-state index contributed by atoms with van der Waals surface area (Å²) in [6, 6.07) is 18.0. The molecule has 28 heavy (non-hydrogen) atoms. The van der Waals surface area contributed by atoms with E-state index in [0.717, 1.165) is 44.7 Å². The zero-order valence-corrected chi connectivity index (χ0v) is 16.3. The van der Waals surface area contributed by atoms with Crippen LogP contribution in [0.15, 0.2) is 67.0 Å². The lowest BCUT2D eigenvalue weighted by molar-refractivity contribution is 0.249. The highest BCUT2D eigenvalue weighted by Crippen LogP contribution is 2.23. The van der Waals surface area contributed by atoms with Crippen LogP contribution in [0.4, 0.5) is 10.1 Å². The zero-order chi connectivity index (χ0) is 19.3. The molecule has 144 valence electrons. The summed E-state index contributed by atoms with van der Waals surface area (Å²) in [5.41, 5.74) is 5.64. The maximum absolute atomic E-state index is 14.0. The quantitative estimate of drug-likeness (QED) is 0.640. The summed E-state index contributed by atoms with van der Waals surface area (Å²) in [6.45, 7) is 6.56. The van der Waals surface area contributed by atoms with Gasteiger partial charge in [-0.3, -0.25) is 9.88 Å². The van der Waals surface area contributed by atoms with Gasteiger partial charge in [0.15, 0.2) is 0 Å². The zero-order valence-electron chi connectivity index (χ0n) is 16.3. The number of hydrogen-bond acceptors (Lipinski definition) is 3. The average Bonchev–Trinajstić information content (AvgIpc) is 2.75. The lowest BCUT2D eigenvalue weighted by Crippen LogP contribution is -2.46. The molecule has 0 radical (unpaired) electrons. The number of benzene rings is 2. The molecule has 1 aliphatic heterocycles. The predicted molar refractivity (Wildman–Crippen MR) is 113 cm³/mol. The Bertz CT molecular complexity index is 915. The number of para-hydroxylation sites is 1. The highest BCUT2D eigenvalue weighted by Gasteiger charge is 2.19. The molecule has 0 amide bonds. The number of anilines is 1. The predicted octanol–water partition coefficient (Wildman–Crippen LogP) is 4.77. The van der Waals surface area contributed by atoms with E-state index in [1.54, 1.807) is 6.07 Å². The number of aromatic nitrogens is 1. The third-order valence-electron chi connectivity index (χ3n) is 5.46. The maximum Gasteiger partial charge on any atom is 0.146 e. The largest absolute Gasteiger partial charge is 0.367 e. The molecule has 0 saturated carbocycles. The molecule has 3 aromatic rings. The van der Waals surface area contributed by atoms with Crippen molar-refractivity contribution in [2.24, 2.45) is 0 Å². The van der Waals surface area contributed by atoms with Crippen LogP contribution in [0.5, 0.6) is 0 Å². The molecule has 3 nitrogen and oxygen atoms in total.